The van der Waals surface area contributed by atoms with Crippen LogP contribution in [0, 0.1) is 0 Å². The van der Waals surface area contributed by atoms with E-state index in [0.29, 0.717) is 19.4 Å². The van der Waals surface area contributed by atoms with Gasteiger partial charge in [0.2, 0.25) is 5.91 Å². The zero-order chi connectivity index (χ0) is 14.1. The summed E-state index contributed by atoms with van der Waals surface area (Å²) in [7, 11) is -3.49. The summed E-state index contributed by atoms with van der Waals surface area (Å²) in [5.74, 6) is -2.32. The van der Waals surface area contributed by atoms with Crippen LogP contribution in [0.3, 0.4) is 0 Å². The molecule has 1 aliphatic rings. The van der Waals surface area contributed by atoms with Crippen molar-refractivity contribution in [2.45, 2.75) is 44.4 Å². The van der Waals surface area contributed by atoms with Crippen molar-refractivity contribution in [3.63, 3.8) is 0 Å². The lowest BCUT2D eigenvalue weighted by atomic mass is 9.99. The molecule has 18 heavy (non-hydrogen) atoms. The fraction of sp³-hybridized carbons (Fsp3) is 0.818. The Hall–Kier alpha value is -1.11. The molecule has 1 unspecified atom stereocenters. The Morgan fingerprint density at radius 1 is 1.39 bits per heavy atom. The van der Waals surface area contributed by atoms with Crippen molar-refractivity contribution in [2.75, 3.05) is 12.3 Å². The third-order valence-electron chi connectivity index (χ3n) is 3.45. The minimum Gasteiger partial charge on any atom is -0.480 e. The summed E-state index contributed by atoms with van der Waals surface area (Å²) in [4.78, 5) is 24.3. The van der Waals surface area contributed by atoms with Crippen molar-refractivity contribution < 1.29 is 23.1 Å². The summed E-state index contributed by atoms with van der Waals surface area (Å²) < 4.78 is 23.4. The summed E-state index contributed by atoms with van der Waals surface area (Å²) >= 11 is 0. The highest BCUT2D eigenvalue weighted by Gasteiger charge is 2.46. The zero-order valence-electron chi connectivity index (χ0n) is 10.8. The molecule has 0 aromatic heterocycles. The Bertz CT molecular complexity index is 456. The van der Waals surface area contributed by atoms with Crippen LogP contribution < -0.4 is 0 Å². The van der Waals surface area contributed by atoms with Crippen LogP contribution in [0.2, 0.25) is 0 Å². The fourth-order valence-corrected chi connectivity index (χ4v) is 2.84. The molecule has 0 spiro atoms. The highest BCUT2D eigenvalue weighted by Crippen LogP contribution is 2.29. The van der Waals surface area contributed by atoms with Gasteiger partial charge in [-0.3, -0.25) is 4.79 Å². The molecule has 1 atom stereocenters. The predicted molar refractivity (Wildman–Crippen MR) is 65.9 cm³/mol. The van der Waals surface area contributed by atoms with Gasteiger partial charge < -0.3 is 10.0 Å². The Balaban J connectivity index is 2.89. The molecule has 1 fully saturated rings. The van der Waals surface area contributed by atoms with Crippen LogP contribution in [0.5, 0.6) is 0 Å². The smallest absolute Gasteiger partial charge is 0.329 e. The molecule has 1 saturated heterocycles. The van der Waals surface area contributed by atoms with E-state index in [1.165, 1.54) is 25.7 Å². The van der Waals surface area contributed by atoms with Crippen molar-refractivity contribution in [3.05, 3.63) is 0 Å². The molecular formula is C11H19NO5S. The number of carboxylic acids is 1. The molecule has 1 N–H and O–H groups in total. The molecule has 104 valence electrons. The van der Waals surface area contributed by atoms with Crippen LogP contribution in [-0.4, -0.2) is 53.4 Å². The number of hydrogen-bond acceptors (Lipinski definition) is 4. The highest BCUT2D eigenvalue weighted by molar-refractivity contribution is 7.92. The van der Waals surface area contributed by atoms with Crippen molar-refractivity contribution in [3.8, 4) is 0 Å². The predicted octanol–water partition coefficient (Wildman–Crippen LogP) is 0.275. The van der Waals surface area contributed by atoms with Crippen molar-refractivity contribution in [1.29, 1.82) is 0 Å². The summed E-state index contributed by atoms with van der Waals surface area (Å²) in [6, 6.07) is 0. The number of hydrogen-bond donors (Lipinski definition) is 1. The second kappa shape index (κ2) is 4.87. The van der Waals surface area contributed by atoms with Gasteiger partial charge in [0, 0.05) is 6.54 Å². The van der Waals surface area contributed by atoms with E-state index < -0.39 is 38.3 Å². The van der Waals surface area contributed by atoms with E-state index in [-0.39, 0.29) is 0 Å². The topological polar surface area (TPSA) is 91.8 Å². The van der Waals surface area contributed by atoms with Gasteiger partial charge in [0.1, 0.15) is 11.3 Å². The first-order chi connectivity index (χ1) is 8.11. The lowest BCUT2D eigenvalue weighted by molar-refractivity contribution is -0.154. The molecule has 1 amide bonds. The zero-order valence-corrected chi connectivity index (χ0v) is 11.7. The highest BCUT2D eigenvalue weighted by atomic mass is 32.2. The summed E-state index contributed by atoms with van der Waals surface area (Å²) in [6.07, 6.45) is 0.937. The van der Waals surface area contributed by atoms with Crippen LogP contribution >= 0.6 is 0 Å². The Labute approximate surface area is 107 Å². The molecule has 0 saturated carbocycles. The molecule has 0 aromatic carbocycles. The number of sulfone groups is 1. The van der Waals surface area contributed by atoms with E-state index >= 15 is 0 Å². The fourth-order valence-electron chi connectivity index (χ4n) is 2.00. The van der Waals surface area contributed by atoms with E-state index in [2.05, 4.69) is 0 Å². The van der Waals surface area contributed by atoms with Gasteiger partial charge in [-0.25, -0.2) is 13.2 Å². The van der Waals surface area contributed by atoms with Crippen molar-refractivity contribution in [1.82, 2.24) is 4.90 Å². The van der Waals surface area contributed by atoms with E-state index in [0.717, 1.165) is 0 Å². The summed E-state index contributed by atoms with van der Waals surface area (Å²) in [6.45, 7) is 4.77. The quantitative estimate of drug-likeness (QED) is 0.796. The van der Waals surface area contributed by atoms with E-state index in [9.17, 15) is 18.0 Å². The molecule has 1 aliphatic heterocycles. The lowest BCUT2D eigenvalue weighted by Gasteiger charge is -2.31. The Kier molecular flexibility index (Phi) is 4.05. The second-order valence-electron chi connectivity index (χ2n) is 5.08. The number of aliphatic carboxylic acids is 1. The molecule has 6 nitrogen and oxygen atoms in total. The van der Waals surface area contributed by atoms with Gasteiger partial charge in [-0.15, -0.1) is 0 Å². The van der Waals surface area contributed by atoms with Crippen LogP contribution in [0.1, 0.15) is 33.6 Å². The molecule has 7 heteroatoms. The average Bonchev–Trinajstić information content (AvgIpc) is 2.60. The number of amides is 1. The van der Waals surface area contributed by atoms with Gasteiger partial charge in [0.05, 0.1) is 5.25 Å². The molecular weight excluding hydrogens is 258 g/mol. The maximum absolute atomic E-state index is 12.0. The third-order valence-corrected chi connectivity index (χ3v) is 5.53. The summed E-state index contributed by atoms with van der Waals surface area (Å²) in [5.41, 5.74) is -1.27. The van der Waals surface area contributed by atoms with Crippen molar-refractivity contribution >= 4 is 21.7 Å². The van der Waals surface area contributed by atoms with Gasteiger partial charge in [-0.2, -0.15) is 0 Å². The minimum absolute atomic E-state index is 0.301. The third kappa shape index (κ3) is 2.66. The van der Waals surface area contributed by atoms with Gasteiger partial charge in [0.25, 0.3) is 0 Å². The maximum Gasteiger partial charge on any atom is 0.329 e. The monoisotopic (exact) mass is 277 g/mol. The van der Waals surface area contributed by atoms with E-state index in [4.69, 9.17) is 5.11 Å². The minimum atomic E-state index is -3.49. The Morgan fingerprint density at radius 2 is 1.94 bits per heavy atom. The van der Waals surface area contributed by atoms with Gasteiger partial charge in [-0.1, -0.05) is 0 Å². The van der Waals surface area contributed by atoms with Gasteiger partial charge in [-0.05, 0) is 33.6 Å². The number of carbonyl (C=O) groups excluding carboxylic acids is 1. The van der Waals surface area contributed by atoms with Crippen LogP contribution in [-0.2, 0) is 19.4 Å². The standard InChI is InChI=1S/C11H19NO5S/c1-8(2)18(16,17)7-9(13)12-6-4-5-11(12,3)10(14)15/h8H,4-7H2,1-3H3,(H,14,15). The van der Waals surface area contributed by atoms with E-state index in [1.807, 2.05) is 0 Å². The number of rotatable bonds is 4. The number of carbonyl (C=O) groups is 2. The molecule has 0 radical (unpaired) electrons. The maximum atomic E-state index is 12.0. The molecule has 1 rings (SSSR count). The SMILES string of the molecule is CC(C)S(=O)(=O)CC(=O)N1CCCC1(C)C(=O)O. The molecule has 0 bridgehead atoms. The molecule has 0 aliphatic carbocycles. The molecule has 1 heterocycles. The largest absolute Gasteiger partial charge is 0.480 e. The first-order valence-electron chi connectivity index (χ1n) is 5.86. The molecule has 0 aromatic rings. The number of likely N-dealkylation sites (tertiary alicyclic amines) is 1. The average molecular weight is 277 g/mol. The van der Waals surface area contributed by atoms with Crippen LogP contribution in [0.4, 0.5) is 0 Å². The van der Waals surface area contributed by atoms with Gasteiger partial charge >= 0.3 is 5.97 Å². The first kappa shape index (κ1) is 14.9. The van der Waals surface area contributed by atoms with Gasteiger partial charge in [0.15, 0.2) is 9.84 Å². The summed E-state index contributed by atoms with van der Waals surface area (Å²) in [5, 5.41) is 8.52. The Morgan fingerprint density at radius 3 is 2.39 bits per heavy atom. The van der Waals surface area contributed by atoms with Crippen molar-refractivity contribution in [2.24, 2.45) is 0 Å². The van der Waals surface area contributed by atoms with Crippen LogP contribution in [0.25, 0.3) is 0 Å². The van der Waals surface area contributed by atoms with Crippen LogP contribution in [0.15, 0.2) is 0 Å². The van der Waals surface area contributed by atoms with E-state index in [1.54, 1.807) is 0 Å². The second-order valence-corrected chi connectivity index (χ2v) is 7.64. The number of nitrogens with zero attached hydrogens (tertiary/aromatic N) is 1. The first-order valence-corrected chi connectivity index (χ1v) is 7.58. The lowest BCUT2D eigenvalue weighted by Crippen LogP contribution is -2.52. The normalized spacial score (nSPS) is 24.6. The number of carboxylic acid groups (broad SMARTS) is 1.